The predicted octanol–water partition coefficient (Wildman–Crippen LogP) is 1.49. The Labute approximate surface area is 89.1 Å². The lowest BCUT2D eigenvalue weighted by molar-refractivity contribution is -0.137. The van der Waals surface area contributed by atoms with Crippen molar-refractivity contribution < 1.29 is 9.21 Å². The van der Waals surface area contributed by atoms with Gasteiger partial charge in [0.2, 0.25) is 0 Å². The molecule has 3 aliphatic rings. The Morgan fingerprint density at radius 1 is 1.40 bits per heavy atom. The van der Waals surface area contributed by atoms with Crippen LogP contribution in [0.2, 0.25) is 0 Å². The first-order chi connectivity index (χ1) is 7.34. The quantitative estimate of drug-likeness (QED) is 0.733. The van der Waals surface area contributed by atoms with E-state index in [1.807, 2.05) is 12.1 Å². The zero-order chi connectivity index (χ0) is 10.3. The van der Waals surface area contributed by atoms with Gasteiger partial charge in [-0.05, 0) is 38.1 Å². The average molecular weight is 205 g/mol. The van der Waals surface area contributed by atoms with Crippen LogP contribution in [0, 0.1) is 5.92 Å². The second-order valence-electron chi connectivity index (χ2n) is 4.51. The van der Waals surface area contributed by atoms with Crippen LogP contribution < -0.4 is 0 Å². The van der Waals surface area contributed by atoms with Crippen LogP contribution in [-0.2, 0) is 11.2 Å². The molecule has 0 N–H and O–H groups in total. The summed E-state index contributed by atoms with van der Waals surface area (Å²) in [4.78, 5) is 14.3. The highest BCUT2D eigenvalue weighted by molar-refractivity contribution is 5.88. The smallest absolute Gasteiger partial charge is 0.153 e. The molecule has 4 heterocycles. The van der Waals surface area contributed by atoms with E-state index in [2.05, 4.69) is 4.90 Å². The number of nitrogens with zero attached hydrogens (tertiary/aromatic N) is 1. The molecule has 1 aromatic heterocycles. The van der Waals surface area contributed by atoms with Gasteiger partial charge in [-0.25, -0.2) is 0 Å². The van der Waals surface area contributed by atoms with E-state index in [-0.39, 0.29) is 6.04 Å². The van der Waals surface area contributed by atoms with Crippen LogP contribution in [0.15, 0.2) is 22.8 Å². The molecular weight excluding hydrogens is 190 g/mol. The summed E-state index contributed by atoms with van der Waals surface area (Å²) in [6.07, 6.45) is 4.56. The molecule has 15 heavy (non-hydrogen) atoms. The van der Waals surface area contributed by atoms with Crippen molar-refractivity contribution in [3.63, 3.8) is 0 Å². The molecule has 0 saturated carbocycles. The van der Waals surface area contributed by atoms with Gasteiger partial charge in [0.25, 0.3) is 0 Å². The van der Waals surface area contributed by atoms with Gasteiger partial charge in [0, 0.05) is 12.3 Å². The second-order valence-corrected chi connectivity index (χ2v) is 4.51. The van der Waals surface area contributed by atoms with Crippen LogP contribution in [0.25, 0.3) is 0 Å². The van der Waals surface area contributed by atoms with Gasteiger partial charge in [-0.1, -0.05) is 0 Å². The SMILES string of the molecule is O=C1C2CCN(CC2)[C@@H]1Cc1ccco1. The van der Waals surface area contributed by atoms with Gasteiger partial charge < -0.3 is 4.42 Å². The molecule has 0 radical (unpaired) electrons. The largest absolute Gasteiger partial charge is 0.469 e. The molecule has 4 rings (SSSR count). The molecule has 0 spiro atoms. The van der Waals surface area contributed by atoms with Crippen molar-refractivity contribution >= 4 is 5.78 Å². The lowest BCUT2D eigenvalue weighted by atomic mass is 9.80. The maximum absolute atomic E-state index is 12.0. The fourth-order valence-corrected chi connectivity index (χ4v) is 2.80. The van der Waals surface area contributed by atoms with Crippen LogP contribution in [0.4, 0.5) is 0 Å². The van der Waals surface area contributed by atoms with Gasteiger partial charge in [0.1, 0.15) is 5.76 Å². The molecule has 0 aliphatic carbocycles. The van der Waals surface area contributed by atoms with Crippen molar-refractivity contribution in [3.05, 3.63) is 24.2 Å². The van der Waals surface area contributed by atoms with Crippen molar-refractivity contribution in [3.8, 4) is 0 Å². The number of furan rings is 1. The molecule has 2 bridgehead atoms. The Hall–Kier alpha value is -1.09. The summed E-state index contributed by atoms with van der Waals surface area (Å²) in [7, 11) is 0. The number of Topliss-reactive ketones (excluding diaryl/α,β-unsaturated/α-hetero) is 1. The Kier molecular flexibility index (Phi) is 2.13. The molecular formula is C12H15NO2. The standard InChI is InChI=1S/C12H15NO2/c14-12-9-3-5-13(6-4-9)11(12)8-10-2-1-7-15-10/h1-2,7,9,11H,3-6,8H2/t11-/m1/s1. The summed E-state index contributed by atoms with van der Waals surface area (Å²) in [5.74, 6) is 1.69. The number of rotatable bonds is 2. The third-order valence-corrected chi connectivity index (χ3v) is 3.68. The first-order valence-electron chi connectivity index (χ1n) is 5.65. The maximum atomic E-state index is 12.0. The number of carbonyl (C=O) groups is 1. The molecule has 0 amide bonds. The fourth-order valence-electron chi connectivity index (χ4n) is 2.80. The van der Waals surface area contributed by atoms with Crippen LogP contribution in [-0.4, -0.2) is 29.8 Å². The van der Waals surface area contributed by atoms with Crippen molar-refractivity contribution in [2.45, 2.75) is 25.3 Å². The monoisotopic (exact) mass is 205 g/mol. The zero-order valence-corrected chi connectivity index (χ0v) is 8.69. The molecule has 80 valence electrons. The van der Waals surface area contributed by atoms with Gasteiger partial charge >= 0.3 is 0 Å². The molecule has 3 saturated heterocycles. The van der Waals surface area contributed by atoms with Crippen LogP contribution >= 0.6 is 0 Å². The molecule has 3 fully saturated rings. The molecule has 1 atom stereocenters. The van der Waals surface area contributed by atoms with Crippen LogP contribution in [0.5, 0.6) is 0 Å². The first kappa shape index (κ1) is 9.16. The average Bonchev–Trinajstić information content (AvgIpc) is 2.77. The summed E-state index contributed by atoms with van der Waals surface area (Å²) in [5.41, 5.74) is 0. The van der Waals surface area contributed by atoms with Crippen molar-refractivity contribution in [2.75, 3.05) is 13.1 Å². The number of fused-ring (bicyclic) bond motifs is 3. The summed E-state index contributed by atoms with van der Waals surface area (Å²) in [5, 5.41) is 0. The topological polar surface area (TPSA) is 33.5 Å². The van der Waals surface area contributed by atoms with E-state index in [0.717, 1.165) is 38.1 Å². The highest BCUT2D eigenvalue weighted by Gasteiger charge is 2.40. The lowest BCUT2D eigenvalue weighted by Gasteiger charge is -2.43. The van der Waals surface area contributed by atoms with E-state index in [0.29, 0.717) is 11.7 Å². The Morgan fingerprint density at radius 2 is 2.20 bits per heavy atom. The highest BCUT2D eigenvalue weighted by atomic mass is 16.3. The minimum atomic E-state index is 0.0867. The van der Waals surface area contributed by atoms with Gasteiger partial charge in [-0.3, -0.25) is 9.69 Å². The third kappa shape index (κ3) is 1.51. The minimum absolute atomic E-state index is 0.0867. The van der Waals surface area contributed by atoms with E-state index in [9.17, 15) is 4.79 Å². The maximum Gasteiger partial charge on any atom is 0.153 e. The normalized spacial score (nSPS) is 34.7. The van der Waals surface area contributed by atoms with E-state index >= 15 is 0 Å². The molecule has 1 aromatic rings. The van der Waals surface area contributed by atoms with Gasteiger partial charge in [0.15, 0.2) is 5.78 Å². The molecule has 3 aliphatic heterocycles. The molecule has 0 unspecified atom stereocenters. The number of hydrogen-bond acceptors (Lipinski definition) is 3. The lowest BCUT2D eigenvalue weighted by Crippen LogP contribution is -2.56. The van der Waals surface area contributed by atoms with E-state index < -0.39 is 0 Å². The second kappa shape index (κ2) is 3.49. The van der Waals surface area contributed by atoms with Gasteiger partial charge in [-0.15, -0.1) is 0 Å². The summed E-state index contributed by atoms with van der Waals surface area (Å²) >= 11 is 0. The van der Waals surface area contributed by atoms with Gasteiger partial charge in [-0.2, -0.15) is 0 Å². The van der Waals surface area contributed by atoms with Crippen molar-refractivity contribution in [1.82, 2.24) is 4.90 Å². The van der Waals surface area contributed by atoms with E-state index in [1.165, 1.54) is 0 Å². The zero-order valence-electron chi connectivity index (χ0n) is 8.69. The molecule has 3 heteroatoms. The first-order valence-corrected chi connectivity index (χ1v) is 5.65. The van der Waals surface area contributed by atoms with Crippen molar-refractivity contribution in [2.24, 2.45) is 5.92 Å². The van der Waals surface area contributed by atoms with E-state index in [4.69, 9.17) is 4.42 Å². The number of hydrogen-bond donors (Lipinski definition) is 0. The third-order valence-electron chi connectivity index (χ3n) is 3.68. The van der Waals surface area contributed by atoms with Crippen LogP contribution in [0.3, 0.4) is 0 Å². The van der Waals surface area contributed by atoms with Gasteiger partial charge in [0.05, 0.1) is 12.3 Å². The summed E-state index contributed by atoms with van der Waals surface area (Å²) < 4.78 is 5.31. The molecule has 3 nitrogen and oxygen atoms in total. The number of ketones is 1. The minimum Gasteiger partial charge on any atom is -0.469 e. The summed E-state index contributed by atoms with van der Waals surface area (Å²) in [6, 6.07) is 3.93. The predicted molar refractivity (Wildman–Crippen MR) is 55.5 cm³/mol. The fraction of sp³-hybridized carbons (Fsp3) is 0.583. The van der Waals surface area contributed by atoms with Crippen molar-refractivity contribution in [1.29, 1.82) is 0 Å². The number of carbonyl (C=O) groups excluding carboxylic acids is 1. The summed E-state index contributed by atoms with van der Waals surface area (Å²) in [6.45, 7) is 2.17. The Balaban J connectivity index is 1.78. The Morgan fingerprint density at radius 3 is 2.80 bits per heavy atom. The Bertz CT molecular complexity index is 350. The highest BCUT2D eigenvalue weighted by Crippen LogP contribution is 2.30. The molecule has 0 aromatic carbocycles. The van der Waals surface area contributed by atoms with Crippen LogP contribution in [0.1, 0.15) is 18.6 Å². The van der Waals surface area contributed by atoms with E-state index in [1.54, 1.807) is 6.26 Å². The number of piperidine rings is 3.